The fraction of sp³-hybridized carbons (Fsp3) is 0.273. The lowest BCUT2D eigenvalue weighted by molar-refractivity contribution is -0.140. The van der Waals surface area contributed by atoms with Gasteiger partial charge in [0.15, 0.2) is 16.6 Å². The normalized spacial score (nSPS) is 16.0. The molecule has 0 aliphatic carbocycles. The molecule has 6 nitrogen and oxygen atoms in total. The predicted molar refractivity (Wildman–Crippen MR) is 115 cm³/mol. The summed E-state index contributed by atoms with van der Waals surface area (Å²) >= 11 is 5.30. The summed E-state index contributed by atoms with van der Waals surface area (Å²) < 4.78 is 16.6. The number of allylic oxidation sites excluding steroid dienone is 1. The number of benzene rings is 2. The second-order valence-corrected chi connectivity index (χ2v) is 6.88. The predicted octanol–water partition coefficient (Wildman–Crippen LogP) is 3.63. The Labute approximate surface area is 175 Å². The van der Waals surface area contributed by atoms with Crippen LogP contribution in [0.2, 0.25) is 0 Å². The van der Waals surface area contributed by atoms with Crippen molar-refractivity contribution in [3.05, 3.63) is 70.9 Å². The summed E-state index contributed by atoms with van der Waals surface area (Å²) in [6.45, 7) is 4.44. The number of hydrogen-bond acceptors (Lipinski definition) is 5. The molecule has 1 heterocycles. The molecule has 1 unspecified atom stereocenters. The summed E-state index contributed by atoms with van der Waals surface area (Å²) in [7, 11) is 1.58. The highest BCUT2D eigenvalue weighted by Gasteiger charge is 2.31. The van der Waals surface area contributed by atoms with Crippen LogP contribution in [0.15, 0.2) is 59.8 Å². The van der Waals surface area contributed by atoms with Gasteiger partial charge in [-0.3, -0.25) is 0 Å². The molecule has 1 aliphatic rings. The third-order valence-electron chi connectivity index (χ3n) is 4.52. The molecule has 0 saturated heterocycles. The van der Waals surface area contributed by atoms with Gasteiger partial charge in [0.1, 0.15) is 6.61 Å². The summed E-state index contributed by atoms with van der Waals surface area (Å²) in [4.78, 5) is 12.9. The Morgan fingerprint density at radius 1 is 1.14 bits per heavy atom. The maximum Gasteiger partial charge on any atom is 0.338 e. The van der Waals surface area contributed by atoms with E-state index in [1.807, 2.05) is 62.4 Å². The molecule has 2 N–H and O–H groups in total. The number of esters is 1. The van der Waals surface area contributed by atoms with Crippen LogP contribution >= 0.6 is 12.2 Å². The van der Waals surface area contributed by atoms with E-state index >= 15 is 0 Å². The number of rotatable bonds is 7. The van der Waals surface area contributed by atoms with Crippen LogP contribution in [0.4, 0.5) is 0 Å². The van der Waals surface area contributed by atoms with E-state index in [-0.39, 0.29) is 6.61 Å². The Hall–Kier alpha value is -3.06. The summed E-state index contributed by atoms with van der Waals surface area (Å²) in [5, 5.41) is 6.62. The zero-order valence-electron chi connectivity index (χ0n) is 16.7. The molecule has 0 aromatic heterocycles. The van der Waals surface area contributed by atoms with Gasteiger partial charge in [-0.25, -0.2) is 4.79 Å². The van der Waals surface area contributed by atoms with Crippen molar-refractivity contribution >= 4 is 23.3 Å². The van der Waals surface area contributed by atoms with Crippen LogP contribution in [-0.2, 0) is 16.1 Å². The average Bonchev–Trinajstić information content (AvgIpc) is 2.72. The Kier molecular flexibility index (Phi) is 6.72. The fourth-order valence-electron chi connectivity index (χ4n) is 3.15. The number of ether oxygens (including phenoxy) is 3. The molecule has 0 saturated carbocycles. The first-order valence-corrected chi connectivity index (χ1v) is 9.74. The van der Waals surface area contributed by atoms with E-state index in [4.69, 9.17) is 26.4 Å². The van der Waals surface area contributed by atoms with Crippen molar-refractivity contribution in [1.82, 2.24) is 10.6 Å². The highest BCUT2D eigenvalue weighted by atomic mass is 32.1. The van der Waals surface area contributed by atoms with Crippen molar-refractivity contribution in [3.8, 4) is 11.5 Å². The van der Waals surface area contributed by atoms with Gasteiger partial charge in [0.25, 0.3) is 0 Å². The highest BCUT2D eigenvalue weighted by molar-refractivity contribution is 7.80. The van der Waals surface area contributed by atoms with Gasteiger partial charge in [0.05, 0.1) is 25.3 Å². The molecular weight excluding hydrogens is 388 g/mol. The first-order valence-electron chi connectivity index (χ1n) is 9.33. The van der Waals surface area contributed by atoms with Gasteiger partial charge in [-0.2, -0.15) is 0 Å². The molecule has 152 valence electrons. The van der Waals surface area contributed by atoms with Gasteiger partial charge in [0.2, 0.25) is 0 Å². The third-order valence-corrected chi connectivity index (χ3v) is 4.74. The minimum absolute atomic E-state index is 0.195. The number of thiocarbonyl (C=S) groups is 1. The van der Waals surface area contributed by atoms with Crippen LogP contribution in [0, 0.1) is 0 Å². The van der Waals surface area contributed by atoms with Crippen LogP contribution < -0.4 is 20.1 Å². The van der Waals surface area contributed by atoms with Crippen LogP contribution in [0.1, 0.15) is 31.0 Å². The van der Waals surface area contributed by atoms with E-state index in [1.54, 1.807) is 7.11 Å². The smallest absolute Gasteiger partial charge is 0.338 e. The maximum absolute atomic E-state index is 12.9. The minimum atomic E-state index is -0.461. The quantitative estimate of drug-likeness (QED) is 0.532. The standard InChI is InChI=1S/C22H24N2O4S/c1-4-27-17-11-10-16(12-18(17)26-3)20-19(14(2)23-22(29)24-20)21(25)28-13-15-8-6-5-7-9-15/h5-12,20H,4,13H2,1-3H3,(H2,23,24,29). The van der Waals surface area contributed by atoms with Crippen molar-refractivity contribution in [2.75, 3.05) is 13.7 Å². The Bertz CT molecular complexity index is 928. The maximum atomic E-state index is 12.9. The lowest BCUT2D eigenvalue weighted by Crippen LogP contribution is -2.45. The zero-order chi connectivity index (χ0) is 20.8. The second kappa shape index (κ2) is 9.43. The first kappa shape index (κ1) is 20.7. The molecule has 29 heavy (non-hydrogen) atoms. The van der Waals surface area contributed by atoms with Crippen molar-refractivity contribution in [2.45, 2.75) is 26.5 Å². The van der Waals surface area contributed by atoms with E-state index in [9.17, 15) is 4.79 Å². The van der Waals surface area contributed by atoms with E-state index in [0.29, 0.717) is 34.5 Å². The van der Waals surface area contributed by atoms with Crippen LogP contribution in [-0.4, -0.2) is 24.8 Å². The number of carbonyl (C=O) groups is 1. The van der Waals surface area contributed by atoms with E-state index in [1.165, 1.54) is 0 Å². The fourth-order valence-corrected chi connectivity index (χ4v) is 3.42. The molecule has 0 fully saturated rings. The van der Waals surface area contributed by atoms with E-state index in [2.05, 4.69) is 10.6 Å². The van der Waals surface area contributed by atoms with E-state index < -0.39 is 12.0 Å². The minimum Gasteiger partial charge on any atom is -0.493 e. The van der Waals surface area contributed by atoms with Crippen molar-refractivity contribution in [3.63, 3.8) is 0 Å². The summed E-state index contributed by atoms with van der Waals surface area (Å²) in [6.07, 6.45) is 0. The molecule has 0 spiro atoms. The third kappa shape index (κ3) is 4.86. The van der Waals surface area contributed by atoms with E-state index in [0.717, 1.165) is 11.1 Å². The first-order chi connectivity index (χ1) is 14.0. The SMILES string of the molecule is CCOc1ccc(C2NC(=S)NC(C)=C2C(=O)OCc2ccccc2)cc1OC. The summed E-state index contributed by atoms with van der Waals surface area (Å²) in [6, 6.07) is 14.7. The molecule has 1 aliphatic heterocycles. The van der Waals surface area contributed by atoms with Gasteiger partial charge >= 0.3 is 5.97 Å². The Morgan fingerprint density at radius 2 is 1.90 bits per heavy atom. The van der Waals surface area contributed by atoms with Crippen molar-refractivity contribution in [2.24, 2.45) is 0 Å². The lowest BCUT2D eigenvalue weighted by atomic mass is 9.95. The van der Waals surface area contributed by atoms with Crippen LogP contribution in [0.25, 0.3) is 0 Å². The second-order valence-electron chi connectivity index (χ2n) is 6.48. The van der Waals surface area contributed by atoms with Gasteiger partial charge in [-0.15, -0.1) is 0 Å². The van der Waals surface area contributed by atoms with Gasteiger partial charge in [0, 0.05) is 5.70 Å². The molecular formula is C22H24N2O4S. The monoisotopic (exact) mass is 412 g/mol. The average molecular weight is 413 g/mol. The van der Waals surface area contributed by atoms with Crippen LogP contribution in [0.3, 0.4) is 0 Å². The number of hydrogen-bond donors (Lipinski definition) is 2. The number of nitrogens with one attached hydrogen (secondary N) is 2. The van der Waals surface area contributed by atoms with Gasteiger partial charge in [-0.1, -0.05) is 36.4 Å². The molecule has 0 bridgehead atoms. The molecule has 7 heteroatoms. The van der Waals surface area contributed by atoms with Crippen LogP contribution in [0.5, 0.6) is 11.5 Å². The summed E-state index contributed by atoms with van der Waals surface area (Å²) in [5.41, 5.74) is 2.87. The largest absolute Gasteiger partial charge is 0.493 e. The van der Waals surface area contributed by atoms with Gasteiger partial charge < -0.3 is 24.8 Å². The van der Waals surface area contributed by atoms with Crippen molar-refractivity contribution in [1.29, 1.82) is 0 Å². The molecule has 0 radical (unpaired) electrons. The number of methoxy groups -OCH3 is 1. The van der Waals surface area contributed by atoms with Gasteiger partial charge in [-0.05, 0) is 49.3 Å². The lowest BCUT2D eigenvalue weighted by Gasteiger charge is -2.30. The Balaban J connectivity index is 1.88. The topological polar surface area (TPSA) is 68.8 Å². The number of carbonyl (C=O) groups excluding carboxylic acids is 1. The molecule has 3 rings (SSSR count). The highest BCUT2D eigenvalue weighted by Crippen LogP contribution is 2.34. The molecule has 0 amide bonds. The summed E-state index contributed by atoms with van der Waals surface area (Å²) in [5.74, 6) is 0.820. The molecule has 2 aromatic carbocycles. The molecule has 2 aromatic rings. The zero-order valence-corrected chi connectivity index (χ0v) is 17.5. The molecule has 1 atom stereocenters. The Morgan fingerprint density at radius 3 is 2.59 bits per heavy atom. The van der Waals surface area contributed by atoms with Crippen molar-refractivity contribution < 1.29 is 19.0 Å².